The molecule has 102 valence electrons. The summed E-state index contributed by atoms with van der Waals surface area (Å²) >= 11 is 0.0972. The monoisotopic (exact) mass is 294 g/mol. The molecule has 0 heterocycles. The molecule has 0 fully saturated rings. The minimum atomic E-state index is -0.184. The van der Waals surface area contributed by atoms with Crippen molar-refractivity contribution in [3.8, 4) is 0 Å². The van der Waals surface area contributed by atoms with Gasteiger partial charge < -0.3 is 11.5 Å². The second-order valence-electron chi connectivity index (χ2n) is 5.08. The average molecular weight is 296 g/mol. The van der Waals surface area contributed by atoms with Crippen molar-refractivity contribution in [3.05, 3.63) is 0 Å². The molecule has 0 atom stereocenters. The van der Waals surface area contributed by atoms with Crippen molar-refractivity contribution < 1.29 is 17.1 Å². The molecule has 0 unspecified atom stereocenters. The fourth-order valence-electron chi connectivity index (χ4n) is 2.26. The van der Waals surface area contributed by atoms with E-state index in [1.807, 2.05) is 0 Å². The number of hydrogen-bond donors (Lipinski definition) is 2. The number of rotatable bonds is 7. The maximum atomic E-state index is 6.27. The van der Waals surface area contributed by atoms with Gasteiger partial charge in [0.05, 0.1) is 0 Å². The van der Waals surface area contributed by atoms with Gasteiger partial charge in [-0.15, -0.1) is 0 Å². The normalized spacial score (nSPS) is 11.5. The molecule has 0 aromatic carbocycles. The zero-order valence-electron chi connectivity index (χ0n) is 13.1. The summed E-state index contributed by atoms with van der Waals surface area (Å²) in [6.07, 6.45) is 3.84. The Hall–Kier alpha value is 0.543. The van der Waals surface area contributed by atoms with Crippen LogP contribution in [0.2, 0.25) is 10.0 Å². The van der Waals surface area contributed by atoms with Crippen molar-refractivity contribution in [2.75, 3.05) is 0 Å². The second kappa shape index (κ2) is 10.5. The van der Waals surface area contributed by atoms with E-state index < -0.39 is 0 Å². The van der Waals surface area contributed by atoms with Crippen molar-refractivity contribution in [3.63, 3.8) is 0 Å². The molecule has 4 N–H and O–H groups in total. The fourth-order valence-corrected chi connectivity index (χ4v) is 3.75. The molecule has 17 heavy (non-hydrogen) atoms. The van der Waals surface area contributed by atoms with E-state index in [2.05, 4.69) is 41.5 Å². The van der Waals surface area contributed by atoms with Crippen LogP contribution in [0.25, 0.3) is 0 Å². The van der Waals surface area contributed by atoms with Gasteiger partial charge in [-0.05, 0) is 25.7 Å². The van der Waals surface area contributed by atoms with Crippen molar-refractivity contribution in [1.29, 1.82) is 0 Å². The molecule has 0 aliphatic heterocycles. The molecule has 0 aromatic rings. The minimum absolute atomic E-state index is 0.0972. The molecule has 0 rings (SSSR count). The first-order valence-corrected chi connectivity index (χ1v) is 11.7. The standard InChI is InChI=1S/C10H24N2.2C2H5.Zn/c1-5-9(11,6-2)10(12,7-3)8-4;2*1-2;/h5-8,11-12H2,1-4H3;2*1H2,2H3;. The van der Waals surface area contributed by atoms with Gasteiger partial charge in [0.1, 0.15) is 0 Å². The predicted molar refractivity (Wildman–Crippen MR) is 76.0 cm³/mol. The Morgan fingerprint density at radius 2 is 0.882 bits per heavy atom. The molecule has 0 aromatic heterocycles. The van der Waals surface area contributed by atoms with Crippen LogP contribution < -0.4 is 11.5 Å². The van der Waals surface area contributed by atoms with E-state index >= 15 is 0 Å². The molecule has 0 radical (unpaired) electrons. The Balaban J connectivity index is 0. The van der Waals surface area contributed by atoms with Gasteiger partial charge in [0.25, 0.3) is 0 Å². The van der Waals surface area contributed by atoms with Crippen molar-refractivity contribution >= 4 is 0 Å². The van der Waals surface area contributed by atoms with Crippen molar-refractivity contribution in [2.24, 2.45) is 11.5 Å². The van der Waals surface area contributed by atoms with Crippen molar-refractivity contribution in [1.82, 2.24) is 0 Å². The molecule has 2 nitrogen and oxygen atoms in total. The van der Waals surface area contributed by atoms with Gasteiger partial charge in [0.2, 0.25) is 0 Å². The molecule has 0 amide bonds. The van der Waals surface area contributed by atoms with Gasteiger partial charge in [-0.3, -0.25) is 0 Å². The number of hydrogen-bond acceptors (Lipinski definition) is 2. The summed E-state index contributed by atoms with van der Waals surface area (Å²) in [4.78, 5) is 0. The third-order valence-electron chi connectivity index (χ3n) is 4.22. The van der Waals surface area contributed by atoms with E-state index in [0.29, 0.717) is 0 Å². The molecular formula is C14H34N2Zn. The van der Waals surface area contributed by atoms with Crippen LogP contribution in [0.15, 0.2) is 0 Å². The van der Waals surface area contributed by atoms with E-state index in [1.165, 1.54) is 10.0 Å². The van der Waals surface area contributed by atoms with Gasteiger partial charge >= 0.3 is 41.0 Å². The molecule has 3 heteroatoms. The summed E-state index contributed by atoms with van der Waals surface area (Å²) in [7, 11) is 0. The first kappa shape index (κ1) is 19.9. The second-order valence-corrected chi connectivity index (χ2v) is 10.8. The summed E-state index contributed by atoms with van der Waals surface area (Å²) in [5, 5.41) is 3.06. The van der Waals surface area contributed by atoms with Crippen molar-refractivity contribution in [2.45, 2.75) is 88.3 Å². The van der Waals surface area contributed by atoms with Crippen LogP contribution in [0, 0.1) is 0 Å². The zero-order valence-corrected chi connectivity index (χ0v) is 16.1. The van der Waals surface area contributed by atoms with Crippen LogP contribution in [0.1, 0.15) is 67.2 Å². The Morgan fingerprint density at radius 1 is 0.647 bits per heavy atom. The Bertz CT molecular complexity index is 146. The van der Waals surface area contributed by atoms with Crippen LogP contribution in [-0.2, 0) is 17.1 Å². The van der Waals surface area contributed by atoms with Crippen LogP contribution in [-0.4, -0.2) is 11.1 Å². The van der Waals surface area contributed by atoms with Crippen LogP contribution in [0.4, 0.5) is 0 Å². The molecule has 0 saturated carbocycles. The topological polar surface area (TPSA) is 52.0 Å². The zero-order chi connectivity index (χ0) is 13.9. The van der Waals surface area contributed by atoms with E-state index in [4.69, 9.17) is 11.5 Å². The van der Waals surface area contributed by atoms with Gasteiger partial charge in [-0.25, -0.2) is 0 Å². The Kier molecular flexibility index (Phi) is 12.2. The quantitative estimate of drug-likeness (QED) is 0.698. The van der Waals surface area contributed by atoms with Crippen LogP contribution >= 0.6 is 0 Å². The first-order valence-electron chi connectivity index (χ1n) is 7.48. The molecular weight excluding hydrogens is 262 g/mol. The van der Waals surface area contributed by atoms with E-state index in [-0.39, 0.29) is 28.2 Å². The third-order valence-corrected chi connectivity index (χ3v) is 7.19. The predicted octanol–water partition coefficient (Wildman–Crippen LogP) is 3.97. The average Bonchev–Trinajstić information content (AvgIpc) is 2.38. The molecule has 0 spiro atoms. The summed E-state index contributed by atoms with van der Waals surface area (Å²) in [6.45, 7) is 13.1. The summed E-state index contributed by atoms with van der Waals surface area (Å²) in [5.41, 5.74) is 12.2. The Morgan fingerprint density at radius 3 is 0.941 bits per heavy atom. The third kappa shape index (κ3) is 6.31. The van der Waals surface area contributed by atoms with Gasteiger partial charge in [-0.1, -0.05) is 27.7 Å². The summed E-state index contributed by atoms with van der Waals surface area (Å²) in [5.74, 6) is 0. The fraction of sp³-hybridized carbons (Fsp3) is 1.00. The van der Waals surface area contributed by atoms with Gasteiger partial charge in [-0.2, -0.15) is 0 Å². The van der Waals surface area contributed by atoms with Crippen LogP contribution in [0.5, 0.6) is 0 Å². The molecule has 0 saturated heterocycles. The SMILES string of the molecule is CCC(N)(CC)C(N)(CC)CC.C[CH2][Zn][CH2]C. The number of nitrogens with two attached hydrogens (primary N) is 2. The van der Waals surface area contributed by atoms with Crippen LogP contribution in [0.3, 0.4) is 0 Å². The van der Waals surface area contributed by atoms with Gasteiger partial charge in [0, 0.05) is 11.1 Å². The van der Waals surface area contributed by atoms with E-state index in [1.54, 1.807) is 0 Å². The molecule has 0 aliphatic rings. The van der Waals surface area contributed by atoms with Gasteiger partial charge in [0.15, 0.2) is 0 Å². The molecule has 0 bridgehead atoms. The van der Waals surface area contributed by atoms with E-state index in [9.17, 15) is 0 Å². The summed E-state index contributed by atoms with van der Waals surface area (Å²) in [6, 6.07) is 0. The first-order chi connectivity index (χ1) is 7.91. The maximum absolute atomic E-state index is 6.27. The summed E-state index contributed by atoms with van der Waals surface area (Å²) < 4.78 is 0. The molecule has 0 aliphatic carbocycles. The van der Waals surface area contributed by atoms with E-state index in [0.717, 1.165) is 25.7 Å². The Labute approximate surface area is 117 Å².